The van der Waals surface area contributed by atoms with Gasteiger partial charge in [-0.25, -0.2) is 21.3 Å². The molecule has 0 bridgehead atoms. The molecule has 0 spiro atoms. The van der Waals surface area contributed by atoms with Gasteiger partial charge in [0, 0.05) is 13.1 Å². The summed E-state index contributed by atoms with van der Waals surface area (Å²) in [6, 6.07) is -1.13. The number of nitrogens with two attached hydrogens (primary N) is 4. The first-order chi connectivity index (χ1) is 11.9. The van der Waals surface area contributed by atoms with Crippen LogP contribution in [0.2, 0.25) is 0 Å². The highest BCUT2D eigenvalue weighted by molar-refractivity contribution is 5.71. The molecule has 0 aromatic carbocycles. The first-order valence-electron chi connectivity index (χ1n) is 9.58. The first kappa shape index (κ1) is 23.5. The van der Waals surface area contributed by atoms with Crippen molar-refractivity contribution in [2.75, 3.05) is 13.1 Å². The normalized spacial score (nSPS) is 10.6. The fourth-order valence-electron chi connectivity index (χ4n) is 2.73. The third kappa shape index (κ3) is 15.7. The molecule has 148 valence electrons. The van der Waals surface area contributed by atoms with E-state index in [0.717, 1.165) is 35.7 Å². The summed E-state index contributed by atoms with van der Waals surface area (Å²) in [6.45, 7) is 1.09. The molecule has 8 N–H and O–H groups in total. The molecule has 0 aromatic rings. The average molecular weight is 359 g/mol. The van der Waals surface area contributed by atoms with Gasteiger partial charge in [-0.15, -0.1) is 0 Å². The molecular formula is C17H38N6O2. The molecule has 0 fully saturated rings. The van der Waals surface area contributed by atoms with E-state index in [1.165, 1.54) is 57.8 Å². The molecule has 0 aliphatic rings. The van der Waals surface area contributed by atoms with E-state index in [2.05, 4.69) is 0 Å². The lowest BCUT2D eigenvalue weighted by Gasteiger charge is -2.12. The van der Waals surface area contributed by atoms with Gasteiger partial charge in [-0.1, -0.05) is 70.6 Å². The van der Waals surface area contributed by atoms with Gasteiger partial charge in [0.1, 0.15) is 0 Å². The van der Waals surface area contributed by atoms with Gasteiger partial charge in [0.05, 0.1) is 0 Å². The van der Waals surface area contributed by atoms with E-state index in [-0.39, 0.29) is 0 Å². The minimum absolute atomic E-state index is 0.543. The van der Waals surface area contributed by atoms with Crippen molar-refractivity contribution in [3.8, 4) is 0 Å². The number of unbranched alkanes of at least 4 members (excludes halogenated alkanes) is 12. The van der Waals surface area contributed by atoms with Crippen LogP contribution in [-0.4, -0.2) is 35.2 Å². The predicted molar refractivity (Wildman–Crippen MR) is 101 cm³/mol. The fraction of sp³-hybridized carbons (Fsp3) is 0.882. The third-order valence-corrected chi connectivity index (χ3v) is 4.36. The van der Waals surface area contributed by atoms with Crippen molar-refractivity contribution < 1.29 is 9.59 Å². The van der Waals surface area contributed by atoms with Crippen molar-refractivity contribution in [1.82, 2.24) is 10.0 Å². The van der Waals surface area contributed by atoms with Crippen LogP contribution in [0.3, 0.4) is 0 Å². The molecule has 0 unspecified atom stereocenters. The molecule has 0 radical (unpaired) electrons. The first-order valence-corrected chi connectivity index (χ1v) is 9.58. The summed E-state index contributed by atoms with van der Waals surface area (Å²) in [5, 5.41) is 2.15. The Balaban J connectivity index is 3.14. The molecule has 0 aliphatic heterocycles. The zero-order valence-corrected chi connectivity index (χ0v) is 15.6. The molecule has 8 heteroatoms. The number of hydrogen-bond donors (Lipinski definition) is 4. The molecule has 0 atom stereocenters. The van der Waals surface area contributed by atoms with E-state index >= 15 is 0 Å². The van der Waals surface area contributed by atoms with Crippen LogP contribution in [0, 0.1) is 0 Å². The maximum absolute atomic E-state index is 10.7. The van der Waals surface area contributed by atoms with Gasteiger partial charge < -0.3 is 11.5 Å². The van der Waals surface area contributed by atoms with E-state index in [9.17, 15) is 9.59 Å². The zero-order valence-electron chi connectivity index (χ0n) is 15.6. The maximum Gasteiger partial charge on any atom is 0.328 e. The lowest BCUT2D eigenvalue weighted by Crippen LogP contribution is -2.41. The second kappa shape index (κ2) is 16.0. The standard InChI is InChI=1S/C17H38N6O2/c18-16(24)22(20)14-12-10-8-6-4-2-1-3-5-7-9-11-13-15-23(21)17(19)25/h1-15,20-21H2,(H2,18,24)(H2,19,25). The van der Waals surface area contributed by atoms with Gasteiger partial charge in [0.2, 0.25) is 0 Å². The Morgan fingerprint density at radius 1 is 0.480 bits per heavy atom. The van der Waals surface area contributed by atoms with Crippen molar-refractivity contribution >= 4 is 12.1 Å². The van der Waals surface area contributed by atoms with Crippen molar-refractivity contribution in [1.29, 1.82) is 0 Å². The summed E-state index contributed by atoms with van der Waals surface area (Å²) in [6.07, 6.45) is 15.4. The second-order valence-electron chi connectivity index (χ2n) is 6.66. The SMILES string of the molecule is NC(=O)N(N)CCCCCCCCCCCCCCCN(N)C(N)=O. The largest absolute Gasteiger partial charge is 0.350 e. The highest BCUT2D eigenvalue weighted by atomic mass is 16.2. The fourth-order valence-corrected chi connectivity index (χ4v) is 2.73. The van der Waals surface area contributed by atoms with Crippen molar-refractivity contribution in [3.05, 3.63) is 0 Å². The van der Waals surface area contributed by atoms with Crippen molar-refractivity contribution in [3.63, 3.8) is 0 Å². The molecular weight excluding hydrogens is 320 g/mol. The lowest BCUT2D eigenvalue weighted by molar-refractivity contribution is 0.207. The molecule has 0 heterocycles. The van der Waals surface area contributed by atoms with E-state index < -0.39 is 12.1 Å². The number of hydrazine groups is 2. The minimum atomic E-state index is -0.563. The number of carbonyl (C=O) groups excluding carboxylic acids is 2. The Bertz CT molecular complexity index is 322. The Morgan fingerprint density at radius 2 is 0.680 bits per heavy atom. The number of rotatable bonds is 16. The monoisotopic (exact) mass is 358 g/mol. The Morgan fingerprint density at radius 3 is 0.880 bits per heavy atom. The highest BCUT2D eigenvalue weighted by Gasteiger charge is 2.03. The average Bonchev–Trinajstić information content (AvgIpc) is 2.57. The quantitative estimate of drug-likeness (QED) is 0.145. The van der Waals surface area contributed by atoms with Gasteiger partial charge in [0.15, 0.2) is 0 Å². The van der Waals surface area contributed by atoms with Crippen molar-refractivity contribution in [2.45, 2.75) is 83.5 Å². The van der Waals surface area contributed by atoms with Gasteiger partial charge in [-0.2, -0.15) is 0 Å². The van der Waals surface area contributed by atoms with Crippen LogP contribution >= 0.6 is 0 Å². The van der Waals surface area contributed by atoms with Crippen molar-refractivity contribution in [2.24, 2.45) is 23.2 Å². The number of primary amides is 2. The van der Waals surface area contributed by atoms with E-state index in [4.69, 9.17) is 23.2 Å². The van der Waals surface area contributed by atoms with E-state index in [0.29, 0.717) is 13.1 Å². The topological polar surface area (TPSA) is 145 Å². The maximum atomic E-state index is 10.7. The van der Waals surface area contributed by atoms with Crippen LogP contribution in [0.15, 0.2) is 0 Å². The summed E-state index contributed by atoms with van der Waals surface area (Å²) < 4.78 is 0. The number of amides is 4. The van der Waals surface area contributed by atoms with Crippen LogP contribution in [0.25, 0.3) is 0 Å². The second-order valence-corrected chi connectivity index (χ2v) is 6.66. The number of carbonyl (C=O) groups is 2. The zero-order chi connectivity index (χ0) is 18.9. The molecule has 25 heavy (non-hydrogen) atoms. The van der Waals surface area contributed by atoms with Crippen LogP contribution in [-0.2, 0) is 0 Å². The third-order valence-electron chi connectivity index (χ3n) is 4.36. The Kier molecular flexibility index (Phi) is 15.0. The van der Waals surface area contributed by atoms with Gasteiger partial charge in [-0.05, 0) is 12.8 Å². The van der Waals surface area contributed by atoms with Crippen LogP contribution in [0.4, 0.5) is 9.59 Å². The van der Waals surface area contributed by atoms with E-state index in [1.54, 1.807) is 0 Å². The Hall–Kier alpha value is -1.54. The van der Waals surface area contributed by atoms with E-state index in [1.807, 2.05) is 0 Å². The van der Waals surface area contributed by atoms with Gasteiger partial charge in [-0.3, -0.25) is 10.0 Å². The molecule has 8 nitrogen and oxygen atoms in total. The number of hydrogen-bond acceptors (Lipinski definition) is 4. The minimum Gasteiger partial charge on any atom is -0.350 e. The lowest BCUT2D eigenvalue weighted by atomic mass is 10.0. The Labute approximate surface area is 152 Å². The highest BCUT2D eigenvalue weighted by Crippen LogP contribution is 2.12. The molecule has 4 amide bonds. The van der Waals surface area contributed by atoms with Crippen LogP contribution < -0.4 is 23.2 Å². The summed E-state index contributed by atoms with van der Waals surface area (Å²) in [5.41, 5.74) is 10.1. The molecule has 0 aromatic heterocycles. The summed E-state index contributed by atoms with van der Waals surface area (Å²) in [4.78, 5) is 21.4. The summed E-state index contributed by atoms with van der Waals surface area (Å²) in [7, 11) is 0. The smallest absolute Gasteiger partial charge is 0.328 e. The molecule has 0 saturated carbocycles. The summed E-state index contributed by atoms with van der Waals surface area (Å²) >= 11 is 0. The molecule has 0 aliphatic carbocycles. The predicted octanol–water partition coefficient (Wildman–Crippen LogP) is 2.57. The van der Waals surface area contributed by atoms with Crippen LogP contribution in [0.1, 0.15) is 83.5 Å². The van der Waals surface area contributed by atoms with Gasteiger partial charge >= 0.3 is 12.1 Å². The molecule has 0 rings (SSSR count). The van der Waals surface area contributed by atoms with Crippen LogP contribution in [0.5, 0.6) is 0 Å². The van der Waals surface area contributed by atoms with Gasteiger partial charge in [0.25, 0.3) is 0 Å². The number of nitrogens with zero attached hydrogens (tertiary/aromatic N) is 2. The molecule has 0 saturated heterocycles. The number of urea groups is 2. The summed E-state index contributed by atoms with van der Waals surface area (Å²) in [5.74, 6) is 10.8.